The predicted molar refractivity (Wildman–Crippen MR) is 77.2 cm³/mol. The van der Waals surface area contributed by atoms with E-state index in [9.17, 15) is 4.79 Å². The Labute approximate surface area is 119 Å². The van der Waals surface area contributed by atoms with E-state index in [1.165, 1.54) is 12.8 Å². The number of pyridine rings is 1. The Morgan fingerprint density at radius 2 is 2.30 bits per heavy atom. The largest absolute Gasteiger partial charge is 0.384 e. The number of likely N-dealkylation sites (tertiary alicyclic amines) is 1. The van der Waals surface area contributed by atoms with E-state index in [4.69, 9.17) is 5.11 Å². The molecular formula is C16H20N2O2. The minimum atomic E-state index is -0.193. The van der Waals surface area contributed by atoms with Gasteiger partial charge in [-0.25, -0.2) is 0 Å². The highest BCUT2D eigenvalue weighted by Crippen LogP contribution is 2.19. The molecule has 0 saturated carbocycles. The van der Waals surface area contributed by atoms with Crippen LogP contribution < -0.4 is 0 Å². The molecular weight excluding hydrogens is 252 g/mol. The topological polar surface area (TPSA) is 53.4 Å². The maximum absolute atomic E-state index is 12.6. The third-order valence-electron chi connectivity index (χ3n) is 3.61. The van der Waals surface area contributed by atoms with E-state index in [0.29, 0.717) is 11.1 Å². The van der Waals surface area contributed by atoms with Gasteiger partial charge in [0.1, 0.15) is 6.61 Å². The van der Waals surface area contributed by atoms with Gasteiger partial charge in [0.2, 0.25) is 0 Å². The molecule has 106 valence electrons. The lowest BCUT2D eigenvalue weighted by molar-refractivity contribution is 0.0697. The van der Waals surface area contributed by atoms with Gasteiger partial charge in [0.15, 0.2) is 0 Å². The smallest absolute Gasteiger partial charge is 0.255 e. The molecule has 1 aliphatic heterocycles. The van der Waals surface area contributed by atoms with E-state index in [1.54, 1.807) is 18.5 Å². The molecule has 1 saturated heterocycles. The van der Waals surface area contributed by atoms with Crippen LogP contribution in [0.3, 0.4) is 0 Å². The highest BCUT2D eigenvalue weighted by atomic mass is 16.2. The van der Waals surface area contributed by atoms with Crippen molar-refractivity contribution in [3.8, 4) is 11.8 Å². The first-order valence-corrected chi connectivity index (χ1v) is 7.08. The monoisotopic (exact) mass is 272 g/mol. The first kappa shape index (κ1) is 14.5. The molecule has 0 aliphatic carbocycles. The number of hydrogen-bond donors (Lipinski definition) is 1. The molecule has 1 aromatic rings. The second-order valence-electron chi connectivity index (χ2n) is 5.12. The van der Waals surface area contributed by atoms with Crippen molar-refractivity contribution < 1.29 is 9.90 Å². The van der Waals surface area contributed by atoms with Crippen molar-refractivity contribution in [3.63, 3.8) is 0 Å². The minimum Gasteiger partial charge on any atom is -0.384 e. The van der Waals surface area contributed by atoms with Crippen LogP contribution in [-0.2, 0) is 0 Å². The molecule has 2 rings (SSSR count). The molecule has 1 N–H and O–H groups in total. The van der Waals surface area contributed by atoms with Gasteiger partial charge >= 0.3 is 0 Å². The first-order valence-electron chi connectivity index (χ1n) is 7.08. The number of rotatable bonds is 1. The average molecular weight is 272 g/mol. The van der Waals surface area contributed by atoms with E-state index in [1.807, 2.05) is 4.90 Å². The molecule has 1 aromatic heterocycles. The highest BCUT2D eigenvalue weighted by Gasteiger charge is 2.23. The fourth-order valence-corrected chi connectivity index (χ4v) is 2.51. The molecule has 1 unspecified atom stereocenters. The zero-order chi connectivity index (χ0) is 14.4. The molecule has 1 aliphatic rings. The van der Waals surface area contributed by atoms with Crippen LogP contribution in [0.1, 0.15) is 48.5 Å². The molecule has 1 atom stereocenters. The Kier molecular flexibility index (Phi) is 5.14. The van der Waals surface area contributed by atoms with Crippen LogP contribution in [0.25, 0.3) is 0 Å². The Morgan fingerprint density at radius 3 is 3.10 bits per heavy atom. The van der Waals surface area contributed by atoms with E-state index in [-0.39, 0.29) is 18.6 Å². The average Bonchev–Trinajstić information content (AvgIpc) is 2.69. The number of nitrogens with zero attached hydrogens (tertiary/aromatic N) is 2. The maximum atomic E-state index is 12.6. The van der Waals surface area contributed by atoms with Gasteiger partial charge in [0, 0.05) is 30.5 Å². The SMILES string of the molecule is CC1CCCCCN1C(=O)c1cncc(C#CCO)c1. The molecule has 2 heterocycles. The van der Waals surface area contributed by atoms with Gasteiger partial charge in [-0.2, -0.15) is 0 Å². The van der Waals surface area contributed by atoms with E-state index < -0.39 is 0 Å². The van der Waals surface area contributed by atoms with Crippen molar-refractivity contribution >= 4 is 5.91 Å². The molecule has 0 aromatic carbocycles. The zero-order valence-electron chi connectivity index (χ0n) is 11.8. The number of carbonyl (C=O) groups excluding carboxylic acids is 1. The van der Waals surface area contributed by atoms with Gasteiger partial charge in [-0.3, -0.25) is 9.78 Å². The van der Waals surface area contributed by atoms with Crippen LogP contribution in [-0.4, -0.2) is 40.1 Å². The third-order valence-corrected chi connectivity index (χ3v) is 3.61. The quantitative estimate of drug-likeness (QED) is 0.794. The summed E-state index contributed by atoms with van der Waals surface area (Å²) in [5.41, 5.74) is 1.23. The van der Waals surface area contributed by atoms with Crippen molar-refractivity contribution in [2.24, 2.45) is 0 Å². The molecule has 4 heteroatoms. The minimum absolute atomic E-state index is 0.0274. The number of carbonyl (C=O) groups is 1. The van der Waals surface area contributed by atoms with E-state index >= 15 is 0 Å². The van der Waals surface area contributed by atoms with E-state index in [0.717, 1.165) is 19.4 Å². The summed E-state index contributed by atoms with van der Waals surface area (Å²) >= 11 is 0. The van der Waals surface area contributed by atoms with E-state index in [2.05, 4.69) is 23.7 Å². The normalized spacial score (nSPS) is 18.9. The second-order valence-corrected chi connectivity index (χ2v) is 5.12. The van der Waals surface area contributed by atoms with Crippen LogP contribution in [0.2, 0.25) is 0 Å². The second kappa shape index (κ2) is 7.06. The van der Waals surface area contributed by atoms with Gasteiger partial charge in [-0.1, -0.05) is 24.7 Å². The molecule has 0 spiro atoms. The molecule has 0 radical (unpaired) electrons. The Morgan fingerprint density at radius 1 is 1.45 bits per heavy atom. The summed E-state index contributed by atoms with van der Waals surface area (Å²) in [5.74, 6) is 5.38. The van der Waals surface area contributed by atoms with Crippen molar-refractivity contribution in [3.05, 3.63) is 29.6 Å². The van der Waals surface area contributed by atoms with Crippen molar-refractivity contribution in [1.82, 2.24) is 9.88 Å². The molecule has 0 bridgehead atoms. The van der Waals surface area contributed by atoms with Crippen LogP contribution in [0, 0.1) is 11.8 Å². The Bertz CT molecular complexity index is 531. The van der Waals surface area contributed by atoms with Gasteiger partial charge < -0.3 is 10.0 Å². The number of aliphatic hydroxyl groups excluding tert-OH is 1. The number of aliphatic hydroxyl groups is 1. The fourth-order valence-electron chi connectivity index (χ4n) is 2.51. The summed E-state index contributed by atoms with van der Waals surface area (Å²) in [6, 6.07) is 2.02. The number of aromatic nitrogens is 1. The Balaban J connectivity index is 2.19. The predicted octanol–water partition coefficient (Wildman–Crippen LogP) is 1.83. The van der Waals surface area contributed by atoms with Gasteiger partial charge in [-0.15, -0.1) is 0 Å². The lowest BCUT2D eigenvalue weighted by Gasteiger charge is -2.27. The van der Waals surface area contributed by atoms with Crippen molar-refractivity contribution in [2.45, 2.75) is 38.6 Å². The summed E-state index contributed by atoms with van der Waals surface area (Å²) in [7, 11) is 0. The Hall–Kier alpha value is -1.86. The van der Waals surface area contributed by atoms with Crippen LogP contribution in [0.15, 0.2) is 18.5 Å². The maximum Gasteiger partial charge on any atom is 0.255 e. The van der Waals surface area contributed by atoms with Crippen LogP contribution >= 0.6 is 0 Å². The van der Waals surface area contributed by atoms with Crippen LogP contribution in [0.4, 0.5) is 0 Å². The standard InChI is InChI=1S/C16H20N2O2/c1-13-6-3-2-4-8-18(13)16(20)15-10-14(7-5-9-19)11-17-12-15/h10-13,19H,2-4,6,8-9H2,1H3. The van der Waals surface area contributed by atoms with Gasteiger partial charge in [-0.05, 0) is 25.8 Å². The highest BCUT2D eigenvalue weighted by molar-refractivity contribution is 5.94. The fraction of sp³-hybridized carbons (Fsp3) is 0.500. The summed E-state index contributed by atoms with van der Waals surface area (Å²) in [5, 5.41) is 8.71. The molecule has 1 fully saturated rings. The summed E-state index contributed by atoms with van der Waals surface area (Å²) in [6.07, 6.45) is 7.69. The lowest BCUT2D eigenvalue weighted by atomic mass is 10.1. The summed E-state index contributed by atoms with van der Waals surface area (Å²) < 4.78 is 0. The van der Waals surface area contributed by atoms with Gasteiger partial charge in [0.25, 0.3) is 5.91 Å². The van der Waals surface area contributed by atoms with Gasteiger partial charge in [0.05, 0.1) is 5.56 Å². The van der Waals surface area contributed by atoms with Crippen molar-refractivity contribution in [2.75, 3.05) is 13.2 Å². The zero-order valence-corrected chi connectivity index (χ0v) is 11.8. The molecule has 20 heavy (non-hydrogen) atoms. The van der Waals surface area contributed by atoms with Crippen LogP contribution in [0.5, 0.6) is 0 Å². The first-order chi connectivity index (χ1) is 9.72. The lowest BCUT2D eigenvalue weighted by Crippen LogP contribution is -2.38. The molecule has 1 amide bonds. The summed E-state index contributed by atoms with van der Waals surface area (Å²) in [6.45, 7) is 2.72. The number of amides is 1. The third kappa shape index (κ3) is 3.58. The molecule has 4 nitrogen and oxygen atoms in total. The van der Waals surface area contributed by atoms with Crippen molar-refractivity contribution in [1.29, 1.82) is 0 Å². The number of hydrogen-bond acceptors (Lipinski definition) is 3. The summed E-state index contributed by atoms with van der Waals surface area (Å²) in [4.78, 5) is 18.6.